The highest BCUT2D eigenvalue weighted by Crippen LogP contribution is 2.25. The Morgan fingerprint density at radius 3 is 2.75 bits per heavy atom. The molecular weight excluding hydrogens is 204 g/mol. The summed E-state index contributed by atoms with van der Waals surface area (Å²) in [5.41, 5.74) is 0. The Labute approximate surface area is 96.8 Å². The Hall–Kier alpha value is -1.25. The first-order valence-corrected chi connectivity index (χ1v) is 5.84. The lowest BCUT2D eigenvalue weighted by atomic mass is 9.94. The van der Waals surface area contributed by atoms with Crippen LogP contribution in [0.1, 0.15) is 45.3 Å². The van der Waals surface area contributed by atoms with Crippen molar-refractivity contribution >= 4 is 5.97 Å². The molecule has 90 valence electrons. The minimum absolute atomic E-state index is 0.125. The van der Waals surface area contributed by atoms with Crippen molar-refractivity contribution in [2.24, 2.45) is 5.92 Å². The van der Waals surface area contributed by atoms with Crippen LogP contribution < -0.4 is 0 Å². The van der Waals surface area contributed by atoms with Gasteiger partial charge in [-0.3, -0.25) is 4.79 Å². The van der Waals surface area contributed by atoms with Crippen LogP contribution in [0.4, 0.5) is 0 Å². The van der Waals surface area contributed by atoms with E-state index >= 15 is 0 Å². The van der Waals surface area contributed by atoms with Crippen molar-refractivity contribution in [3.05, 3.63) is 24.2 Å². The Morgan fingerprint density at radius 2 is 2.25 bits per heavy atom. The third-order valence-corrected chi connectivity index (χ3v) is 2.59. The fraction of sp³-hybridized carbons (Fsp3) is 0.615. The summed E-state index contributed by atoms with van der Waals surface area (Å²) in [5.74, 6) is 1.30. The van der Waals surface area contributed by atoms with Crippen molar-refractivity contribution in [3.63, 3.8) is 0 Å². The van der Waals surface area contributed by atoms with Crippen LogP contribution in [0.3, 0.4) is 0 Å². The van der Waals surface area contributed by atoms with E-state index in [9.17, 15) is 4.79 Å². The molecule has 1 aromatic heterocycles. The van der Waals surface area contributed by atoms with Crippen molar-refractivity contribution in [1.82, 2.24) is 0 Å². The van der Waals surface area contributed by atoms with E-state index in [1.807, 2.05) is 19.1 Å². The van der Waals surface area contributed by atoms with Gasteiger partial charge in [0.25, 0.3) is 0 Å². The Bertz CT molecular complexity index is 301. The number of rotatable bonds is 6. The van der Waals surface area contributed by atoms with Crippen LogP contribution in [0.2, 0.25) is 0 Å². The molecule has 1 atom stereocenters. The van der Waals surface area contributed by atoms with Gasteiger partial charge in [0, 0.05) is 6.42 Å². The number of hydrogen-bond acceptors (Lipinski definition) is 3. The third-order valence-electron chi connectivity index (χ3n) is 2.59. The second-order valence-electron chi connectivity index (χ2n) is 4.30. The smallest absolute Gasteiger partial charge is 0.305 e. The molecule has 0 saturated heterocycles. The average molecular weight is 224 g/mol. The maximum atomic E-state index is 11.3. The highest BCUT2D eigenvalue weighted by molar-refractivity contribution is 5.69. The standard InChI is InChI=1S/C13H20O3/c1-4-6-13(14)16-9-11(10(2)3)12-7-5-8-15-12/h5,7-8,10-11H,4,6,9H2,1-3H3. The van der Waals surface area contributed by atoms with Gasteiger partial charge in [0.1, 0.15) is 12.4 Å². The Morgan fingerprint density at radius 1 is 1.50 bits per heavy atom. The summed E-state index contributed by atoms with van der Waals surface area (Å²) in [6.45, 7) is 6.57. The Balaban J connectivity index is 2.50. The number of hydrogen-bond donors (Lipinski definition) is 0. The second kappa shape index (κ2) is 6.36. The maximum Gasteiger partial charge on any atom is 0.305 e. The highest BCUT2D eigenvalue weighted by atomic mass is 16.5. The molecule has 0 spiro atoms. The predicted octanol–water partition coefficient (Wildman–Crippen LogP) is 3.36. The molecule has 1 rings (SSSR count). The molecule has 0 aliphatic rings. The number of ether oxygens (including phenoxy) is 1. The summed E-state index contributed by atoms with van der Waals surface area (Å²) in [5, 5.41) is 0. The first kappa shape index (κ1) is 12.8. The van der Waals surface area contributed by atoms with Crippen molar-refractivity contribution in [2.75, 3.05) is 6.61 Å². The van der Waals surface area contributed by atoms with E-state index in [4.69, 9.17) is 9.15 Å². The molecular formula is C13H20O3. The number of carbonyl (C=O) groups is 1. The van der Waals surface area contributed by atoms with Crippen molar-refractivity contribution in [1.29, 1.82) is 0 Å². The number of esters is 1. The van der Waals surface area contributed by atoms with Crippen LogP contribution in [0.25, 0.3) is 0 Å². The molecule has 3 nitrogen and oxygen atoms in total. The highest BCUT2D eigenvalue weighted by Gasteiger charge is 2.20. The topological polar surface area (TPSA) is 39.4 Å². The van der Waals surface area contributed by atoms with Crippen molar-refractivity contribution in [3.8, 4) is 0 Å². The largest absolute Gasteiger partial charge is 0.469 e. The lowest BCUT2D eigenvalue weighted by Crippen LogP contribution is -2.16. The third kappa shape index (κ3) is 3.72. The van der Waals surface area contributed by atoms with Gasteiger partial charge >= 0.3 is 5.97 Å². The van der Waals surface area contributed by atoms with E-state index in [0.717, 1.165) is 12.2 Å². The van der Waals surface area contributed by atoms with Crippen LogP contribution >= 0.6 is 0 Å². The van der Waals surface area contributed by atoms with Crippen LogP contribution in [0, 0.1) is 5.92 Å². The van der Waals surface area contributed by atoms with Crippen molar-refractivity contribution < 1.29 is 13.9 Å². The summed E-state index contributed by atoms with van der Waals surface area (Å²) in [4.78, 5) is 11.3. The SMILES string of the molecule is CCCC(=O)OCC(c1ccco1)C(C)C. The first-order chi connectivity index (χ1) is 7.65. The molecule has 0 aliphatic heterocycles. The monoisotopic (exact) mass is 224 g/mol. The molecule has 0 aliphatic carbocycles. The second-order valence-corrected chi connectivity index (χ2v) is 4.30. The molecule has 0 bridgehead atoms. The van der Waals surface area contributed by atoms with E-state index in [2.05, 4.69) is 13.8 Å². The zero-order valence-corrected chi connectivity index (χ0v) is 10.2. The molecule has 1 unspecified atom stereocenters. The molecule has 1 heterocycles. The van der Waals surface area contributed by atoms with Crippen molar-refractivity contribution in [2.45, 2.75) is 39.5 Å². The fourth-order valence-corrected chi connectivity index (χ4v) is 1.56. The molecule has 0 N–H and O–H groups in total. The summed E-state index contributed by atoms with van der Waals surface area (Å²) < 4.78 is 10.6. The molecule has 3 heteroatoms. The van der Waals surface area contributed by atoms with Gasteiger partial charge in [-0.25, -0.2) is 0 Å². The zero-order valence-electron chi connectivity index (χ0n) is 10.2. The quantitative estimate of drug-likeness (QED) is 0.695. The Kier molecular flexibility index (Phi) is 5.09. The van der Waals surface area contributed by atoms with Gasteiger partial charge in [0.05, 0.1) is 12.2 Å². The molecule has 0 aromatic carbocycles. The molecule has 0 saturated carbocycles. The lowest BCUT2D eigenvalue weighted by molar-refractivity contribution is -0.144. The summed E-state index contributed by atoms with van der Waals surface area (Å²) in [7, 11) is 0. The fourth-order valence-electron chi connectivity index (χ4n) is 1.56. The van der Waals surface area contributed by atoms with Crippen LogP contribution in [0.5, 0.6) is 0 Å². The van der Waals surface area contributed by atoms with Gasteiger partial charge in [-0.2, -0.15) is 0 Å². The van der Waals surface area contributed by atoms with E-state index in [0.29, 0.717) is 18.9 Å². The van der Waals surface area contributed by atoms with Gasteiger partial charge in [0.15, 0.2) is 0 Å². The van der Waals surface area contributed by atoms with Gasteiger partial charge in [0.2, 0.25) is 0 Å². The van der Waals surface area contributed by atoms with Gasteiger partial charge in [-0.1, -0.05) is 20.8 Å². The minimum Gasteiger partial charge on any atom is -0.469 e. The maximum absolute atomic E-state index is 11.3. The summed E-state index contributed by atoms with van der Waals surface area (Å²) >= 11 is 0. The summed E-state index contributed by atoms with van der Waals surface area (Å²) in [6.07, 6.45) is 2.97. The predicted molar refractivity (Wildman–Crippen MR) is 62.2 cm³/mol. The van der Waals surface area contributed by atoms with Crippen LogP contribution in [-0.2, 0) is 9.53 Å². The van der Waals surface area contributed by atoms with Gasteiger partial charge in [-0.05, 0) is 24.5 Å². The normalized spacial score (nSPS) is 12.8. The zero-order chi connectivity index (χ0) is 12.0. The molecule has 1 aromatic rings. The van der Waals surface area contributed by atoms with E-state index in [1.54, 1.807) is 6.26 Å². The molecule has 0 fully saturated rings. The summed E-state index contributed by atoms with van der Waals surface area (Å²) in [6, 6.07) is 3.79. The van der Waals surface area contributed by atoms with Crippen LogP contribution in [-0.4, -0.2) is 12.6 Å². The molecule has 16 heavy (non-hydrogen) atoms. The first-order valence-electron chi connectivity index (χ1n) is 5.84. The lowest BCUT2D eigenvalue weighted by Gasteiger charge is -2.18. The van der Waals surface area contributed by atoms with Crippen LogP contribution in [0.15, 0.2) is 22.8 Å². The average Bonchev–Trinajstić information content (AvgIpc) is 2.71. The number of carbonyl (C=O) groups excluding carboxylic acids is 1. The van der Waals surface area contributed by atoms with E-state index in [-0.39, 0.29) is 11.9 Å². The molecule has 0 radical (unpaired) electrons. The van der Waals surface area contributed by atoms with E-state index < -0.39 is 0 Å². The molecule has 0 amide bonds. The number of furan rings is 1. The minimum atomic E-state index is -0.125. The van der Waals surface area contributed by atoms with E-state index in [1.165, 1.54) is 0 Å². The van der Waals surface area contributed by atoms with Gasteiger partial charge < -0.3 is 9.15 Å². The van der Waals surface area contributed by atoms with Gasteiger partial charge in [-0.15, -0.1) is 0 Å².